The van der Waals surface area contributed by atoms with E-state index in [1.54, 1.807) is 12.1 Å². The minimum Gasteiger partial charge on any atom is -0.398 e. The minimum absolute atomic E-state index is 0.115. The fraction of sp³-hybridized carbons (Fsp3) is 0.400. The molecule has 0 heterocycles. The Morgan fingerprint density at radius 1 is 1.31 bits per heavy atom. The number of thioether (sulfide) groups is 1. The van der Waals surface area contributed by atoms with E-state index in [-0.39, 0.29) is 6.42 Å². The van der Waals surface area contributed by atoms with E-state index in [0.29, 0.717) is 11.4 Å². The lowest BCUT2D eigenvalue weighted by Gasteiger charge is -2.07. The van der Waals surface area contributed by atoms with Gasteiger partial charge in [-0.05, 0) is 30.4 Å². The molecule has 0 aliphatic rings. The molecule has 0 radical (unpaired) electrons. The Bertz CT molecular complexity index is 354. The largest absolute Gasteiger partial charge is 0.398 e. The Morgan fingerprint density at radius 3 is 2.56 bits per heavy atom. The monoisotopic (exact) mass is 313 g/mol. The van der Waals surface area contributed by atoms with Crippen molar-refractivity contribution in [2.75, 3.05) is 11.5 Å². The average Bonchev–Trinajstić information content (AvgIpc) is 2.13. The predicted octanol–water partition coefficient (Wildman–Crippen LogP) is 4.47. The van der Waals surface area contributed by atoms with Crippen molar-refractivity contribution in [1.82, 2.24) is 0 Å². The third kappa shape index (κ3) is 5.12. The highest BCUT2D eigenvalue weighted by Crippen LogP contribution is 2.30. The van der Waals surface area contributed by atoms with Crippen molar-refractivity contribution in [1.29, 1.82) is 0 Å². The second kappa shape index (κ2) is 5.82. The van der Waals surface area contributed by atoms with Crippen LogP contribution in [-0.4, -0.2) is 11.9 Å². The highest BCUT2D eigenvalue weighted by Gasteiger charge is 2.25. The maximum absolute atomic E-state index is 11.9. The molecule has 1 aromatic rings. The van der Waals surface area contributed by atoms with Crippen LogP contribution in [0.1, 0.15) is 12.8 Å². The summed E-state index contributed by atoms with van der Waals surface area (Å²) in [5.74, 6) is 0.422. The molecule has 90 valence electrons. The SMILES string of the molecule is Nc1cc(Br)ccc1SCCCC(F)(F)F. The van der Waals surface area contributed by atoms with Gasteiger partial charge in [0.05, 0.1) is 0 Å². The molecule has 6 heteroatoms. The number of halogens is 4. The quantitative estimate of drug-likeness (QED) is 0.504. The van der Waals surface area contributed by atoms with Crippen LogP contribution >= 0.6 is 27.7 Å². The van der Waals surface area contributed by atoms with Crippen molar-refractivity contribution < 1.29 is 13.2 Å². The minimum atomic E-state index is -4.06. The van der Waals surface area contributed by atoms with Gasteiger partial charge < -0.3 is 5.73 Å². The van der Waals surface area contributed by atoms with E-state index in [4.69, 9.17) is 5.73 Å². The molecule has 0 saturated carbocycles. The molecular formula is C10H11BrF3NS. The van der Waals surface area contributed by atoms with Crippen LogP contribution < -0.4 is 5.73 Å². The Kier molecular flexibility index (Phi) is 4.98. The van der Waals surface area contributed by atoms with Gasteiger partial charge in [-0.1, -0.05) is 15.9 Å². The highest BCUT2D eigenvalue weighted by atomic mass is 79.9. The lowest BCUT2D eigenvalue weighted by molar-refractivity contribution is -0.134. The molecule has 0 bridgehead atoms. The van der Waals surface area contributed by atoms with Crippen LogP contribution in [0, 0.1) is 0 Å². The third-order valence-electron chi connectivity index (χ3n) is 1.83. The lowest BCUT2D eigenvalue weighted by Crippen LogP contribution is -2.06. The number of rotatable bonds is 4. The highest BCUT2D eigenvalue weighted by molar-refractivity contribution is 9.10. The first-order valence-electron chi connectivity index (χ1n) is 4.63. The summed E-state index contributed by atoms with van der Waals surface area (Å²) in [4.78, 5) is 0.824. The zero-order chi connectivity index (χ0) is 12.2. The van der Waals surface area contributed by atoms with E-state index in [1.807, 2.05) is 6.07 Å². The summed E-state index contributed by atoms with van der Waals surface area (Å²) in [5, 5.41) is 0. The fourth-order valence-electron chi connectivity index (χ4n) is 1.11. The van der Waals surface area contributed by atoms with E-state index in [9.17, 15) is 13.2 Å². The predicted molar refractivity (Wildman–Crippen MR) is 64.6 cm³/mol. The third-order valence-corrected chi connectivity index (χ3v) is 3.50. The number of hydrogen-bond donors (Lipinski definition) is 1. The molecule has 1 rings (SSSR count). The summed E-state index contributed by atoms with van der Waals surface area (Å²) < 4.78 is 36.5. The standard InChI is InChI=1S/C10H11BrF3NS/c11-7-2-3-9(8(15)6-7)16-5-1-4-10(12,13)14/h2-3,6H,1,4-5,15H2. The maximum Gasteiger partial charge on any atom is 0.389 e. The molecule has 0 fully saturated rings. The number of hydrogen-bond acceptors (Lipinski definition) is 2. The molecule has 1 aromatic carbocycles. The molecule has 1 nitrogen and oxygen atoms in total. The smallest absolute Gasteiger partial charge is 0.389 e. The molecule has 0 saturated heterocycles. The summed E-state index contributed by atoms with van der Waals surface area (Å²) in [7, 11) is 0. The van der Waals surface area contributed by atoms with Crippen LogP contribution in [0.25, 0.3) is 0 Å². The number of alkyl halides is 3. The Labute approximate surface area is 105 Å². The first kappa shape index (κ1) is 13.7. The average molecular weight is 314 g/mol. The van der Waals surface area contributed by atoms with E-state index >= 15 is 0 Å². The van der Waals surface area contributed by atoms with Crippen molar-refractivity contribution in [3.05, 3.63) is 22.7 Å². The van der Waals surface area contributed by atoms with Crippen LogP contribution in [0.2, 0.25) is 0 Å². The van der Waals surface area contributed by atoms with E-state index < -0.39 is 12.6 Å². The van der Waals surface area contributed by atoms with Crippen molar-refractivity contribution in [2.45, 2.75) is 23.9 Å². The van der Waals surface area contributed by atoms with Crippen LogP contribution in [0.15, 0.2) is 27.6 Å². The van der Waals surface area contributed by atoms with Gasteiger partial charge in [-0.25, -0.2) is 0 Å². The Balaban J connectivity index is 2.38. The number of benzene rings is 1. The van der Waals surface area contributed by atoms with Gasteiger partial charge in [-0.2, -0.15) is 13.2 Å². The summed E-state index contributed by atoms with van der Waals surface area (Å²) in [5.41, 5.74) is 6.31. The second-order valence-electron chi connectivity index (χ2n) is 3.25. The van der Waals surface area contributed by atoms with Gasteiger partial charge in [-0.15, -0.1) is 11.8 Å². The normalized spacial score (nSPS) is 11.8. The van der Waals surface area contributed by atoms with Crippen molar-refractivity contribution in [2.24, 2.45) is 0 Å². The lowest BCUT2D eigenvalue weighted by atomic mass is 10.3. The van der Waals surface area contributed by atoms with Crippen molar-refractivity contribution in [3.63, 3.8) is 0 Å². The Morgan fingerprint density at radius 2 is 2.00 bits per heavy atom. The molecular weight excluding hydrogens is 303 g/mol. The summed E-state index contributed by atoms with van der Waals surface area (Å²) in [6.07, 6.45) is -4.69. The molecule has 2 N–H and O–H groups in total. The van der Waals surface area contributed by atoms with Gasteiger partial charge in [0.1, 0.15) is 0 Å². The van der Waals surface area contributed by atoms with Crippen molar-refractivity contribution in [3.8, 4) is 0 Å². The van der Waals surface area contributed by atoms with Crippen LogP contribution in [0.4, 0.5) is 18.9 Å². The van der Waals surface area contributed by atoms with E-state index in [0.717, 1.165) is 9.37 Å². The molecule has 0 aromatic heterocycles. The molecule has 0 atom stereocenters. The number of anilines is 1. The topological polar surface area (TPSA) is 26.0 Å². The number of nitrogens with two attached hydrogens (primary N) is 1. The molecule has 0 amide bonds. The van der Waals surface area contributed by atoms with Crippen LogP contribution in [0.3, 0.4) is 0 Å². The molecule has 16 heavy (non-hydrogen) atoms. The van der Waals surface area contributed by atoms with Gasteiger partial charge in [0.25, 0.3) is 0 Å². The summed E-state index contributed by atoms with van der Waals surface area (Å²) in [6.45, 7) is 0. The maximum atomic E-state index is 11.9. The van der Waals surface area contributed by atoms with Gasteiger partial charge in [0.2, 0.25) is 0 Å². The Hall–Kier alpha value is -0.360. The van der Waals surface area contributed by atoms with Crippen molar-refractivity contribution >= 4 is 33.4 Å². The first-order valence-corrected chi connectivity index (χ1v) is 6.41. The van der Waals surface area contributed by atoms with Gasteiger partial charge in [0.15, 0.2) is 0 Å². The molecule has 0 aliphatic heterocycles. The second-order valence-corrected chi connectivity index (χ2v) is 5.30. The summed E-state index contributed by atoms with van der Waals surface area (Å²) >= 11 is 4.62. The molecule has 0 aliphatic carbocycles. The fourth-order valence-corrected chi connectivity index (χ4v) is 2.38. The zero-order valence-electron chi connectivity index (χ0n) is 8.35. The van der Waals surface area contributed by atoms with Gasteiger partial charge in [0, 0.05) is 21.5 Å². The van der Waals surface area contributed by atoms with Crippen LogP contribution in [0.5, 0.6) is 0 Å². The van der Waals surface area contributed by atoms with E-state index in [2.05, 4.69) is 15.9 Å². The first-order chi connectivity index (χ1) is 7.38. The zero-order valence-corrected chi connectivity index (χ0v) is 10.8. The van der Waals surface area contributed by atoms with Gasteiger partial charge in [-0.3, -0.25) is 0 Å². The summed E-state index contributed by atoms with van der Waals surface area (Å²) in [6, 6.07) is 5.37. The number of nitrogen functional groups attached to an aromatic ring is 1. The van der Waals surface area contributed by atoms with E-state index in [1.165, 1.54) is 11.8 Å². The molecule has 0 spiro atoms. The van der Waals surface area contributed by atoms with Crippen LogP contribution in [-0.2, 0) is 0 Å². The molecule has 0 unspecified atom stereocenters. The van der Waals surface area contributed by atoms with Gasteiger partial charge >= 0.3 is 6.18 Å².